The number of carbonyl (C=O) groups is 2. The van der Waals surface area contributed by atoms with E-state index in [0.717, 1.165) is 0 Å². The molecule has 0 saturated carbocycles. The number of H-pyrrole nitrogens is 1. The molecule has 2 atom stereocenters. The molecule has 2 amide bonds. The van der Waals surface area contributed by atoms with E-state index in [1.807, 2.05) is 0 Å². The van der Waals surface area contributed by atoms with Crippen molar-refractivity contribution in [2.75, 3.05) is 32.5 Å². The SMILES string of the molecule is CCOC(=O)N1CC[C@@H](NC(=O)c2[nH]c(C)c(N)c2Cl)[C@@H](OC)C1. The highest BCUT2D eigenvalue weighted by Gasteiger charge is 2.34. The van der Waals surface area contributed by atoms with Crippen molar-refractivity contribution in [2.24, 2.45) is 0 Å². The maximum Gasteiger partial charge on any atom is 0.409 e. The molecule has 9 heteroatoms. The number of anilines is 1. The van der Waals surface area contributed by atoms with Crippen molar-refractivity contribution in [3.8, 4) is 0 Å². The molecule has 24 heavy (non-hydrogen) atoms. The van der Waals surface area contributed by atoms with Crippen LogP contribution in [0.4, 0.5) is 10.5 Å². The van der Waals surface area contributed by atoms with Crippen molar-refractivity contribution in [3.63, 3.8) is 0 Å². The Hall–Kier alpha value is -1.93. The lowest BCUT2D eigenvalue weighted by Crippen LogP contribution is -2.56. The molecule has 0 unspecified atom stereocenters. The topological polar surface area (TPSA) is 110 Å². The molecular weight excluding hydrogens is 336 g/mol. The van der Waals surface area contributed by atoms with Crippen LogP contribution in [0.15, 0.2) is 0 Å². The average molecular weight is 359 g/mol. The molecule has 1 fully saturated rings. The molecule has 134 valence electrons. The van der Waals surface area contributed by atoms with Crippen LogP contribution in [0.5, 0.6) is 0 Å². The highest BCUT2D eigenvalue weighted by atomic mass is 35.5. The molecule has 1 aliphatic heterocycles. The maximum atomic E-state index is 12.4. The largest absolute Gasteiger partial charge is 0.450 e. The van der Waals surface area contributed by atoms with E-state index in [9.17, 15) is 9.59 Å². The number of amides is 2. The van der Waals surface area contributed by atoms with Crippen molar-refractivity contribution in [1.82, 2.24) is 15.2 Å². The lowest BCUT2D eigenvalue weighted by Gasteiger charge is -2.37. The maximum absolute atomic E-state index is 12.4. The molecular formula is C15H23ClN4O4. The molecule has 0 bridgehead atoms. The Bertz CT molecular complexity index is 619. The summed E-state index contributed by atoms with van der Waals surface area (Å²) < 4.78 is 10.4. The summed E-state index contributed by atoms with van der Waals surface area (Å²) in [6.07, 6.45) is -0.157. The number of aromatic nitrogens is 1. The fraction of sp³-hybridized carbons (Fsp3) is 0.600. The number of nitrogen functional groups attached to an aromatic ring is 1. The van der Waals surface area contributed by atoms with Gasteiger partial charge < -0.3 is 30.4 Å². The number of nitrogens with zero attached hydrogens (tertiary/aromatic N) is 1. The Balaban J connectivity index is 2.03. The van der Waals surface area contributed by atoms with Crippen LogP contribution in [0, 0.1) is 6.92 Å². The highest BCUT2D eigenvalue weighted by molar-refractivity contribution is 6.36. The zero-order chi connectivity index (χ0) is 17.9. The standard InChI is InChI=1S/C15H23ClN4O4/c1-4-24-15(22)20-6-5-9(10(7-20)23-3)19-14(21)13-11(16)12(17)8(2)18-13/h9-10,18H,4-7,17H2,1-3H3,(H,19,21)/t9-,10+/m1/s1. The number of hydrogen-bond acceptors (Lipinski definition) is 5. The van der Waals surface area contributed by atoms with Crippen LogP contribution in [0.25, 0.3) is 0 Å². The van der Waals surface area contributed by atoms with Gasteiger partial charge in [-0.2, -0.15) is 0 Å². The third-order valence-electron chi connectivity index (χ3n) is 4.10. The molecule has 2 heterocycles. The van der Waals surface area contributed by atoms with Gasteiger partial charge in [0.2, 0.25) is 0 Å². The molecule has 0 radical (unpaired) electrons. The van der Waals surface area contributed by atoms with Crippen molar-refractivity contribution in [1.29, 1.82) is 0 Å². The quantitative estimate of drug-likeness (QED) is 0.756. The fourth-order valence-corrected chi connectivity index (χ4v) is 2.98. The number of ether oxygens (including phenoxy) is 2. The summed E-state index contributed by atoms with van der Waals surface area (Å²) in [5.74, 6) is -0.351. The molecule has 4 N–H and O–H groups in total. The van der Waals surface area contributed by atoms with E-state index in [4.69, 9.17) is 26.8 Å². The zero-order valence-electron chi connectivity index (χ0n) is 14.0. The van der Waals surface area contributed by atoms with Gasteiger partial charge in [0, 0.05) is 19.3 Å². The Morgan fingerprint density at radius 2 is 2.21 bits per heavy atom. The van der Waals surface area contributed by atoms with Crippen molar-refractivity contribution in [2.45, 2.75) is 32.4 Å². The Morgan fingerprint density at radius 3 is 2.75 bits per heavy atom. The zero-order valence-corrected chi connectivity index (χ0v) is 14.8. The van der Waals surface area contributed by atoms with E-state index in [-0.39, 0.29) is 34.9 Å². The number of aryl methyl sites for hydroxylation is 1. The number of halogens is 1. The summed E-state index contributed by atoms with van der Waals surface area (Å²) in [5.41, 5.74) is 7.02. The minimum atomic E-state index is -0.375. The van der Waals surface area contributed by atoms with Crippen molar-refractivity contribution < 1.29 is 19.1 Å². The molecule has 8 nitrogen and oxygen atoms in total. The second-order valence-corrected chi connectivity index (χ2v) is 6.02. The number of likely N-dealkylation sites (tertiary alicyclic amines) is 1. The van der Waals surface area contributed by atoms with Gasteiger partial charge in [0.25, 0.3) is 5.91 Å². The van der Waals surface area contributed by atoms with Crippen LogP contribution in [0.3, 0.4) is 0 Å². The van der Waals surface area contributed by atoms with Gasteiger partial charge in [0.1, 0.15) is 5.69 Å². The number of methoxy groups -OCH3 is 1. The van der Waals surface area contributed by atoms with Gasteiger partial charge in [-0.15, -0.1) is 0 Å². The monoisotopic (exact) mass is 358 g/mol. The van der Waals surface area contributed by atoms with Crippen molar-refractivity contribution in [3.05, 3.63) is 16.4 Å². The highest BCUT2D eigenvalue weighted by Crippen LogP contribution is 2.27. The Labute approximate surface area is 145 Å². The van der Waals surface area contributed by atoms with E-state index in [1.54, 1.807) is 25.9 Å². The van der Waals surface area contributed by atoms with Gasteiger partial charge in [0.15, 0.2) is 0 Å². The van der Waals surface area contributed by atoms with Gasteiger partial charge in [-0.05, 0) is 20.3 Å². The van der Waals surface area contributed by atoms with Gasteiger partial charge in [-0.3, -0.25) is 4.79 Å². The first-order valence-electron chi connectivity index (χ1n) is 7.77. The summed E-state index contributed by atoms with van der Waals surface area (Å²) in [6, 6.07) is -0.242. The average Bonchev–Trinajstić information content (AvgIpc) is 2.83. The minimum absolute atomic E-state index is 0.211. The van der Waals surface area contributed by atoms with Gasteiger partial charge >= 0.3 is 6.09 Å². The molecule has 1 aliphatic rings. The van der Waals surface area contributed by atoms with Gasteiger partial charge in [-0.25, -0.2) is 4.79 Å². The number of aromatic amines is 1. The van der Waals surface area contributed by atoms with Crippen LogP contribution in [0.1, 0.15) is 29.5 Å². The molecule has 1 aromatic heterocycles. The Kier molecular flexibility index (Phi) is 5.95. The summed E-state index contributed by atoms with van der Waals surface area (Å²) in [5, 5.41) is 3.11. The minimum Gasteiger partial charge on any atom is -0.450 e. The van der Waals surface area contributed by atoms with Crippen LogP contribution < -0.4 is 11.1 Å². The predicted molar refractivity (Wildman–Crippen MR) is 90.2 cm³/mol. The molecule has 1 saturated heterocycles. The van der Waals surface area contributed by atoms with Crippen LogP contribution in [-0.2, 0) is 9.47 Å². The third kappa shape index (κ3) is 3.76. The smallest absolute Gasteiger partial charge is 0.409 e. The summed E-state index contributed by atoms with van der Waals surface area (Å²) in [7, 11) is 1.54. The number of rotatable bonds is 4. The number of hydrogen-bond donors (Lipinski definition) is 3. The first-order valence-corrected chi connectivity index (χ1v) is 8.15. The van der Waals surface area contributed by atoms with Gasteiger partial charge in [0.05, 0.1) is 36.0 Å². The van der Waals surface area contributed by atoms with Crippen LogP contribution >= 0.6 is 11.6 Å². The molecule has 2 rings (SSSR count). The van der Waals surface area contributed by atoms with Crippen molar-refractivity contribution >= 4 is 29.3 Å². The molecule has 0 aliphatic carbocycles. The first-order chi connectivity index (χ1) is 11.4. The van der Waals surface area contributed by atoms with E-state index >= 15 is 0 Å². The predicted octanol–water partition coefficient (Wildman–Crippen LogP) is 1.53. The number of nitrogens with one attached hydrogen (secondary N) is 2. The van der Waals surface area contributed by atoms with E-state index in [0.29, 0.717) is 37.5 Å². The summed E-state index contributed by atoms with van der Waals surface area (Å²) in [4.78, 5) is 28.7. The van der Waals surface area contributed by atoms with Crippen LogP contribution in [-0.4, -0.2) is 60.8 Å². The number of carbonyl (C=O) groups excluding carboxylic acids is 2. The number of piperidine rings is 1. The second-order valence-electron chi connectivity index (χ2n) is 5.64. The van der Waals surface area contributed by atoms with E-state index < -0.39 is 0 Å². The lowest BCUT2D eigenvalue weighted by atomic mass is 10.0. The van der Waals surface area contributed by atoms with Crippen LogP contribution in [0.2, 0.25) is 5.02 Å². The normalized spacial score (nSPS) is 20.8. The molecule has 0 aromatic carbocycles. The number of nitrogens with two attached hydrogens (primary N) is 1. The van der Waals surface area contributed by atoms with Gasteiger partial charge in [-0.1, -0.05) is 11.6 Å². The summed E-state index contributed by atoms with van der Waals surface area (Å²) in [6.45, 7) is 4.64. The second kappa shape index (κ2) is 7.76. The third-order valence-corrected chi connectivity index (χ3v) is 4.50. The summed E-state index contributed by atoms with van der Waals surface area (Å²) >= 11 is 6.08. The Morgan fingerprint density at radius 1 is 1.50 bits per heavy atom. The fourth-order valence-electron chi connectivity index (χ4n) is 2.71. The van der Waals surface area contributed by atoms with E-state index in [1.165, 1.54) is 0 Å². The molecule has 1 aromatic rings. The lowest BCUT2D eigenvalue weighted by molar-refractivity contribution is 0.00450. The molecule has 0 spiro atoms. The first kappa shape index (κ1) is 18.4. The van der Waals surface area contributed by atoms with E-state index in [2.05, 4.69) is 10.3 Å².